The molecule has 0 bridgehead atoms. The summed E-state index contributed by atoms with van der Waals surface area (Å²) < 4.78 is 15.8. The zero-order chi connectivity index (χ0) is 14.4. The van der Waals surface area contributed by atoms with Crippen LogP contribution in [0.1, 0.15) is 30.6 Å². The van der Waals surface area contributed by atoms with E-state index in [1.54, 1.807) is 18.2 Å². The molecule has 1 heterocycles. The van der Waals surface area contributed by atoms with Crippen molar-refractivity contribution in [1.82, 2.24) is 10.1 Å². The summed E-state index contributed by atoms with van der Waals surface area (Å²) in [5, 5.41) is 12.7. The number of rotatable bonds is 6. The lowest BCUT2D eigenvalue weighted by atomic mass is 10.2. The van der Waals surface area contributed by atoms with Crippen molar-refractivity contribution in [2.75, 3.05) is 7.11 Å². The van der Waals surface area contributed by atoms with Gasteiger partial charge < -0.3 is 14.0 Å². The van der Waals surface area contributed by atoms with Gasteiger partial charge in [0.15, 0.2) is 23.9 Å². The van der Waals surface area contributed by atoms with Gasteiger partial charge in [0, 0.05) is 12.5 Å². The standard InChI is InChI=1S/C14H15N3O3/c1-3-4-13-16-14(20-17-13)9-19-11-6-5-10(8-15)7-12(11)18-2/h5-7H,3-4,9H2,1-2H3. The molecule has 0 N–H and O–H groups in total. The van der Waals surface area contributed by atoms with Gasteiger partial charge in [0.25, 0.3) is 5.89 Å². The van der Waals surface area contributed by atoms with Crippen LogP contribution in [0.15, 0.2) is 22.7 Å². The minimum Gasteiger partial charge on any atom is -0.493 e. The van der Waals surface area contributed by atoms with Crippen molar-refractivity contribution in [2.45, 2.75) is 26.4 Å². The fraction of sp³-hybridized carbons (Fsp3) is 0.357. The van der Waals surface area contributed by atoms with Gasteiger partial charge in [-0.3, -0.25) is 0 Å². The molecule has 2 rings (SSSR count). The van der Waals surface area contributed by atoms with Crippen LogP contribution in [-0.4, -0.2) is 17.3 Å². The molecule has 0 saturated carbocycles. The summed E-state index contributed by atoms with van der Waals surface area (Å²) >= 11 is 0. The Labute approximate surface area is 116 Å². The monoisotopic (exact) mass is 273 g/mol. The Morgan fingerprint density at radius 3 is 2.90 bits per heavy atom. The van der Waals surface area contributed by atoms with E-state index in [1.165, 1.54) is 7.11 Å². The van der Waals surface area contributed by atoms with Gasteiger partial charge in [-0.2, -0.15) is 10.2 Å². The van der Waals surface area contributed by atoms with E-state index in [1.807, 2.05) is 13.0 Å². The second-order valence-electron chi connectivity index (χ2n) is 4.12. The lowest BCUT2D eigenvalue weighted by Crippen LogP contribution is -1.98. The number of hydrogen-bond donors (Lipinski definition) is 0. The molecule has 1 aromatic heterocycles. The van der Waals surface area contributed by atoms with Crippen LogP contribution < -0.4 is 9.47 Å². The fourth-order valence-corrected chi connectivity index (χ4v) is 1.67. The summed E-state index contributed by atoms with van der Waals surface area (Å²) in [5.41, 5.74) is 0.511. The highest BCUT2D eigenvalue weighted by molar-refractivity contribution is 5.46. The van der Waals surface area contributed by atoms with Crippen LogP contribution in [-0.2, 0) is 13.0 Å². The van der Waals surface area contributed by atoms with Crippen molar-refractivity contribution < 1.29 is 14.0 Å². The maximum Gasteiger partial charge on any atom is 0.264 e. The highest BCUT2D eigenvalue weighted by atomic mass is 16.5. The summed E-state index contributed by atoms with van der Waals surface area (Å²) in [6, 6.07) is 7.00. The zero-order valence-corrected chi connectivity index (χ0v) is 11.4. The Hall–Kier alpha value is -2.55. The number of aromatic nitrogens is 2. The molecular formula is C14H15N3O3. The third-order valence-electron chi connectivity index (χ3n) is 2.63. The van der Waals surface area contributed by atoms with Crippen molar-refractivity contribution in [3.8, 4) is 17.6 Å². The average molecular weight is 273 g/mol. The van der Waals surface area contributed by atoms with Crippen molar-refractivity contribution in [2.24, 2.45) is 0 Å². The Kier molecular flexibility index (Phi) is 4.56. The topological polar surface area (TPSA) is 81.2 Å². The first-order chi connectivity index (χ1) is 9.76. The van der Waals surface area contributed by atoms with Crippen LogP contribution in [0.3, 0.4) is 0 Å². The first-order valence-electron chi connectivity index (χ1n) is 6.29. The van der Waals surface area contributed by atoms with E-state index >= 15 is 0 Å². The molecule has 0 amide bonds. The number of nitriles is 1. The molecule has 0 aliphatic heterocycles. The Bertz CT molecular complexity index is 616. The molecule has 104 valence electrons. The summed E-state index contributed by atoms with van der Waals surface area (Å²) in [5.74, 6) is 2.12. The van der Waals surface area contributed by atoms with Crippen LogP contribution in [0.25, 0.3) is 0 Å². The fourth-order valence-electron chi connectivity index (χ4n) is 1.67. The molecule has 0 radical (unpaired) electrons. The molecule has 0 aliphatic rings. The molecule has 0 unspecified atom stereocenters. The molecule has 6 nitrogen and oxygen atoms in total. The highest BCUT2D eigenvalue weighted by Crippen LogP contribution is 2.28. The maximum absolute atomic E-state index is 8.83. The molecule has 0 spiro atoms. The van der Waals surface area contributed by atoms with E-state index < -0.39 is 0 Å². The van der Waals surface area contributed by atoms with Crippen molar-refractivity contribution in [1.29, 1.82) is 5.26 Å². The minimum absolute atomic E-state index is 0.166. The average Bonchev–Trinajstić information content (AvgIpc) is 2.93. The summed E-state index contributed by atoms with van der Waals surface area (Å²) in [7, 11) is 1.52. The zero-order valence-electron chi connectivity index (χ0n) is 11.4. The summed E-state index contributed by atoms with van der Waals surface area (Å²) in [6.07, 6.45) is 1.74. The smallest absolute Gasteiger partial charge is 0.264 e. The largest absolute Gasteiger partial charge is 0.493 e. The van der Waals surface area contributed by atoms with E-state index in [4.69, 9.17) is 19.3 Å². The minimum atomic E-state index is 0.166. The third-order valence-corrected chi connectivity index (χ3v) is 2.63. The van der Waals surface area contributed by atoms with Gasteiger partial charge in [-0.1, -0.05) is 12.1 Å². The predicted octanol–water partition coefficient (Wildman–Crippen LogP) is 2.48. The van der Waals surface area contributed by atoms with Crippen LogP contribution in [0.2, 0.25) is 0 Å². The molecule has 2 aromatic rings. The first kappa shape index (κ1) is 13.9. The van der Waals surface area contributed by atoms with Crippen molar-refractivity contribution in [3.05, 3.63) is 35.5 Å². The van der Waals surface area contributed by atoms with Gasteiger partial charge in [-0.25, -0.2) is 0 Å². The molecule has 6 heteroatoms. The molecule has 1 aromatic carbocycles. The van der Waals surface area contributed by atoms with Crippen molar-refractivity contribution in [3.63, 3.8) is 0 Å². The molecular weight excluding hydrogens is 258 g/mol. The highest BCUT2D eigenvalue weighted by Gasteiger charge is 2.09. The number of aryl methyl sites for hydroxylation is 1. The Morgan fingerprint density at radius 2 is 2.20 bits per heavy atom. The Morgan fingerprint density at radius 1 is 1.35 bits per heavy atom. The quantitative estimate of drug-likeness (QED) is 0.804. The van der Waals surface area contributed by atoms with E-state index in [0.29, 0.717) is 28.8 Å². The van der Waals surface area contributed by atoms with Gasteiger partial charge in [0.1, 0.15) is 0 Å². The van der Waals surface area contributed by atoms with Crippen molar-refractivity contribution >= 4 is 0 Å². The lowest BCUT2D eigenvalue weighted by Gasteiger charge is -2.08. The van der Waals surface area contributed by atoms with E-state index in [-0.39, 0.29) is 6.61 Å². The summed E-state index contributed by atoms with van der Waals surface area (Å²) in [6.45, 7) is 2.22. The third kappa shape index (κ3) is 3.26. The summed E-state index contributed by atoms with van der Waals surface area (Å²) in [4.78, 5) is 4.21. The Balaban J connectivity index is 2.04. The van der Waals surface area contributed by atoms with E-state index in [0.717, 1.165) is 12.8 Å². The SMILES string of the molecule is CCCc1noc(COc2ccc(C#N)cc2OC)n1. The number of benzene rings is 1. The van der Waals surface area contributed by atoms with Gasteiger partial charge in [-0.05, 0) is 18.6 Å². The van der Waals surface area contributed by atoms with Crippen LogP contribution in [0, 0.1) is 11.3 Å². The maximum atomic E-state index is 8.83. The lowest BCUT2D eigenvalue weighted by molar-refractivity contribution is 0.233. The van der Waals surface area contributed by atoms with Crippen LogP contribution >= 0.6 is 0 Å². The molecule has 0 aliphatic carbocycles. The van der Waals surface area contributed by atoms with Crippen LogP contribution in [0.5, 0.6) is 11.5 Å². The van der Waals surface area contributed by atoms with Gasteiger partial charge in [-0.15, -0.1) is 0 Å². The molecule has 0 atom stereocenters. The van der Waals surface area contributed by atoms with Gasteiger partial charge >= 0.3 is 0 Å². The molecule has 0 saturated heterocycles. The number of methoxy groups -OCH3 is 1. The normalized spacial score (nSPS) is 10.1. The van der Waals surface area contributed by atoms with E-state index in [9.17, 15) is 0 Å². The molecule has 20 heavy (non-hydrogen) atoms. The van der Waals surface area contributed by atoms with E-state index in [2.05, 4.69) is 10.1 Å². The second kappa shape index (κ2) is 6.57. The van der Waals surface area contributed by atoms with Crippen LogP contribution in [0.4, 0.5) is 0 Å². The van der Waals surface area contributed by atoms with Gasteiger partial charge in [0.05, 0.1) is 18.7 Å². The number of ether oxygens (including phenoxy) is 2. The number of hydrogen-bond acceptors (Lipinski definition) is 6. The molecule has 0 fully saturated rings. The second-order valence-corrected chi connectivity index (χ2v) is 4.12. The number of nitrogens with zero attached hydrogens (tertiary/aromatic N) is 3. The predicted molar refractivity (Wildman–Crippen MR) is 70.3 cm³/mol. The first-order valence-corrected chi connectivity index (χ1v) is 6.29. The van der Waals surface area contributed by atoms with Gasteiger partial charge in [0.2, 0.25) is 0 Å².